The second kappa shape index (κ2) is 5.64. The van der Waals surface area contributed by atoms with Crippen molar-refractivity contribution in [2.45, 2.75) is 13.3 Å². The molecule has 0 saturated heterocycles. The third kappa shape index (κ3) is 3.43. The monoisotopic (exact) mass is 246 g/mol. The number of hydrogen-bond acceptors (Lipinski definition) is 3. The molecule has 0 unspecified atom stereocenters. The minimum absolute atomic E-state index is 0.0785. The van der Waals surface area contributed by atoms with Crippen molar-refractivity contribution in [3.63, 3.8) is 0 Å². The lowest BCUT2D eigenvalue weighted by Gasteiger charge is -2.05. The van der Waals surface area contributed by atoms with Gasteiger partial charge in [0.1, 0.15) is 5.75 Å². The summed E-state index contributed by atoms with van der Waals surface area (Å²) in [4.78, 5) is 11.1. The topological polar surface area (TPSA) is 26.3 Å². The highest BCUT2D eigenvalue weighted by Gasteiger charge is 1.99. The van der Waals surface area contributed by atoms with Crippen molar-refractivity contribution in [3.8, 4) is 5.75 Å². The van der Waals surface area contributed by atoms with E-state index in [1.807, 2.05) is 12.1 Å². The Labute approximate surface area is 105 Å². The van der Waals surface area contributed by atoms with Crippen molar-refractivity contribution < 1.29 is 9.53 Å². The van der Waals surface area contributed by atoms with Gasteiger partial charge in [0.05, 0.1) is 6.61 Å². The fourth-order valence-electron chi connectivity index (χ4n) is 1.51. The van der Waals surface area contributed by atoms with Crippen LogP contribution in [0, 0.1) is 0 Å². The number of thiophene rings is 1. The van der Waals surface area contributed by atoms with Gasteiger partial charge in [-0.05, 0) is 53.6 Å². The van der Waals surface area contributed by atoms with Gasteiger partial charge in [-0.1, -0.05) is 0 Å². The molecule has 0 spiro atoms. The molecule has 3 heteroatoms. The minimum Gasteiger partial charge on any atom is -0.493 e. The predicted octanol–water partition coefficient (Wildman–Crippen LogP) is 3.57. The summed E-state index contributed by atoms with van der Waals surface area (Å²) in [6.07, 6.45) is 0.915. The zero-order chi connectivity index (χ0) is 12.1. The number of carbonyl (C=O) groups excluding carboxylic acids is 1. The van der Waals surface area contributed by atoms with Crippen LogP contribution < -0.4 is 4.74 Å². The van der Waals surface area contributed by atoms with Crippen LogP contribution >= 0.6 is 11.3 Å². The lowest BCUT2D eigenvalue weighted by atomic mass is 10.1. The van der Waals surface area contributed by atoms with Gasteiger partial charge in [-0.3, -0.25) is 4.79 Å². The van der Waals surface area contributed by atoms with Crippen LogP contribution in [-0.4, -0.2) is 12.4 Å². The minimum atomic E-state index is 0.0785. The Morgan fingerprint density at radius 1 is 1.24 bits per heavy atom. The molecule has 0 aliphatic heterocycles. The fraction of sp³-hybridized carbons (Fsp3) is 0.214. The maximum atomic E-state index is 11.1. The lowest BCUT2D eigenvalue weighted by Crippen LogP contribution is -2.00. The number of benzene rings is 1. The summed E-state index contributed by atoms with van der Waals surface area (Å²) >= 11 is 1.70. The molecule has 17 heavy (non-hydrogen) atoms. The highest BCUT2D eigenvalue weighted by molar-refractivity contribution is 7.07. The van der Waals surface area contributed by atoms with Crippen molar-refractivity contribution in [1.82, 2.24) is 0 Å². The van der Waals surface area contributed by atoms with Crippen molar-refractivity contribution in [2.75, 3.05) is 6.61 Å². The Morgan fingerprint density at radius 3 is 2.59 bits per heavy atom. The number of carbonyl (C=O) groups is 1. The third-order valence-electron chi connectivity index (χ3n) is 2.50. The Morgan fingerprint density at radius 2 is 2.00 bits per heavy atom. The molecule has 0 bridgehead atoms. The highest BCUT2D eigenvalue weighted by Crippen LogP contribution is 2.13. The number of ketones is 1. The molecule has 0 fully saturated rings. The summed E-state index contributed by atoms with van der Waals surface area (Å²) < 4.78 is 5.61. The first-order chi connectivity index (χ1) is 8.25. The van der Waals surface area contributed by atoms with Crippen molar-refractivity contribution in [1.29, 1.82) is 0 Å². The summed E-state index contributed by atoms with van der Waals surface area (Å²) in [6.45, 7) is 2.22. The van der Waals surface area contributed by atoms with Crippen LogP contribution in [0.1, 0.15) is 22.8 Å². The van der Waals surface area contributed by atoms with Gasteiger partial charge in [-0.2, -0.15) is 11.3 Å². The smallest absolute Gasteiger partial charge is 0.159 e. The number of ether oxygens (including phenoxy) is 1. The number of Topliss-reactive ketones (excluding diaryl/α,β-unsaturated/α-hetero) is 1. The molecule has 2 aromatic rings. The van der Waals surface area contributed by atoms with Crippen LogP contribution in [0.2, 0.25) is 0 Å². The summed E-state index contributed by atoms with van der Waals surface area (Å²) in [7, 11) is 0. The second-order valence-electron chi connectivity index (χ2n) is 3.81. The van der Waals surface area contributed by atoms with Crippen LogP contribution in [0.3, 0.4) is 0 Å². The third-order valence-corrected chi connectivity index (χ3v) is 3.23. The molecule has 1 aromatic carbocycles. The average molecular weight is 246 g/mol. The maximum Gasteiger partial charge on any atom is 0.159 e. The van der Waals surface area contributed by atoms with Gasteiger partial charge >= 0.3 is 0 Å². The van der Waals surface area contributed by atoms with E-state index < -0.39 is 0 Å². The number of hydrogen-bond donors (Lipinski definition) is 0. The van der Waals surface area contributed by atoms with E-state index in [1.165, 1.54) is 5.56 Å². The van der Waals surface area contributed by atoms with E-state index in [4.69, 9.17) is 4.74 Å². The summed E-state index contributed by atoms with van der Waals surface area (Å²) in [6, 6.07) is 9.37. The van der Waals surface area contributed by atoms with Crippen molar-refractivity contribution in [2.24, 2.45) is 0 Å². The molecule has 2 rings (SSSR count). The van der Waals surface area contributed by atoms with Crippen LogP contribution in [0.5, 0.6) is 5.75 Å². The standard InChI is InChI=1S/C14H14O2S/c1-11(15)13-2-4-14(5-3-13)16-8-6-12-7-9-17-10-12/h2-5,7,9-10H,6,8H2,1H3. The Balaban J connectivity index is 1.85. The van der Waals surface area contributed by atoms with E-state index in [-0.39, 0.29) is 5.78 Å². The first-order valence-corrected chi connectivity index (χ1v) is 6.45. The molecule has 0 radical (unpaired) electrons. The quantitative estimate of drug-likeness (QED) is 0.754. The SMILES string of the molecule is CC(=O)c1ccc(OCCc2ccsc2)cc1. The van der Waals surface area contributed by atoms with Gasteiger partial charge in [-0.15, -0.1) is 0 Å². The Bertz CT molecular complexity index is 471. The zero-order valence-electron chi connectivity index (χ0n) is 9.68. The van der Waals surface area contributed by atoms with E-state index in [2.05, 4.69) is 16.8 Å². The van der Waals surface area contributed by atoms with Crippen LogP contribution in [0.25, 0.3) is 0 Å². The summed E-state index contributed by atoms with van der Waals surface area (Å²) in [5.41, 5.74) is 2.02. The maximum absolute atomic E-state index is 11.1. The van der Waals surface area contributed by atoms with Gasteiger partial charge in [-0.25, -0.2) is 0 Å². The Hall–Kier alpha value is -1.61. The molecular formula is C14H14O2S. The van der Waals surface area contributed by atoms with E-state index >= 15 is 0 Å². The second-order valence-corrected chi connectivity index (χ2v) is 4.59. The first kappa shape index (κ1) is 11.9. The summed E-state index contributed by atoms with van der Waals surface area (Å²) in [5, 5.41) is 4.19. The van der Waals surface area contributed by atoms with Gasteiger partial charge in [0.25, 0.3) is 0 Å². The molecule has 1 heterocycles. The molecule has 0 aliphatic rings. The van der Waals surface area contributed by atoms with Gasteiger partial charge in [0.15, 0.2) is 5.78 Å². The van der Waals surface area contributed by atoms with Crippen molar-refractivity contribution in [3.05, 3.63) is 52.2 Å². The van der Waals surface area contributed by atoms with E-state index in [9.17, 15) is 4.79 Å². The Kier molecular flexibility index (Phi) is 3.94. The van der Waals surface area contributed by atoms with Gasteiger partial charge < -0.3 is 4.74 Å². The van der Waals surface area contributed by atoms with Gasteiger partial charge in [0.2, 0.25) is 0 Å². The van der Waals surface area contributed by atoms with Crippen LogP contribution in [0.4, 0.5) is 0 Å². The van der Waals surface area contributed by atoms with Gasteiger partial charge in [0, 0.05) is 12.0 Å². The molecular weight excluding hydrogens is 232 g/mol. The summed E-state index contributed by atoms with van der Waals surface area (Å²) in [5.74, 6) is 0.889. The molecule has 1 aromatic heterocycles. The van der Waals surface area contributed by atoms with Crippen molar-refractivity contribution >= 4 is 17.1 Å². The first-order valence-electron chi connectivity index (χ1n) is 5.50. The molecule has 0 saturated carbocycles. The average Bonchev–Trinajstić information content (AvgIpc) is 2.83. The van der Waals surface area contributed by atoms with E-state index in [0.717, 1.165) is 17.7 Å². The molecule has 88 valence electrons. The number of rotatable bonds is 5. The van der Waals surface area contributed by atoms with Crippen LogP contribution in [-0.2, 0) is 6.42 Å². The fourth-order valence-corrected chi connectivity index (χ4v) is 2.21. The normalized spacial score (nSPS) is 10.2. The molecule has 0 amide bonds. The largest absolute Gasteiger partial charge is 0.493 e. The molecule has 0 aliphatic carbocycles. The molecule has 0 N–H and O–H groups in total. The molecule has 2 nitrogen and oxygen atoms in total. The molecule has 0 atom stereocenters. The lowest BCUT2D eigenvalue weighted by molar-refractivity contribution is 0.101. The van der Waals surface area contributed by atoms with Crippen LogP contribution in [0.15, 0.2) is 41.1 Å². The zero-order valence-corrected chi connectivity index (χ0v) is 10.5. The predicted molar refractivity (Wildman–Crippen MR) is 70.0 cm³/mol. The highest BCUT2D eigenvalue weighted by atomic mass is 32.1. The van der Waals surface area contributed by atoms with E-state index in [0.29, 0.717) is 6.61 Å². The van der Waals surface area contributed by atoms with E-state index in [1.54, 1.807) is 30.4 Å².